The van der Waals surface area contributed by atoms with Crippen molar-refractivity contribution in [3.63, 3.8) is 0 Å². The highest BCUT2D eigenvalue weighted by Gasteiger charge is 2.17. The molecule has 0 bridgehead atoms. The molecule has 0 aliphatic carbocycles. The number of anilines is 1. The summed E-state index contributed by atoms with van der Waals surface area (Å²) in [5, 5.41) is 21.7. The van der Waals surface area contributed by atoms with Crippen molar-refractivity contribution in [2.75, 3.05) is 12.4 Å². The number of amides is 1. The fourth-order valence-electron chi connectivity index (χ4n) is 1.51. The standard InChI is InChI=1S/C12H14N2O6/c1-20-8-5-6-9(10(7-8)14(18)19)13-11(15)3-2-4-12(16)17/h5-7H,2-4H2,1H3,(H,13,15)(H,16,17). The molecule has 108 valence electrons. The molecule has 8 heteroatoms. The van der Waals surface area contributed by atoms with Crippen LogP contribution < -0.4 is 10.1 Å². The maximum atomic E-state index is 11.6. The van der Waals surface area contributed by atoms with Gasteiger partial charge in [0.15, 0.2) is 0 Å². The Balaban J connectivity index is 2.73. The molecule has 20 heavy (non-hydrogen) atoms. The van der Waals surface area contributed by atoms with E-state index < -0.39 is 16.8 Å². The maximum Gasteiger partial charge on any atom is 0.303 e. The molecule has 8 nitrogen and oxygen atoms in total. The van der Waals surface area contributed by atoms with Crippen LogP contribution in [-0.4, -0.2) is 29.0 Å². The second kappa shape index (κ2) is 7.07. The van der Waals surface area contributed by atoms with E-state index in [1.807, 2.05) is 0 Å². The van der Waals surface area contributed by atoms with E-state index in [0.717, 1.165) is 0 Å². The highest BCUT2D eigenvalue weighted by atomic mass is 16.6. The number of hydrogen-bond donors (Lipinski definition) is 2. The van der Waals surface area contributed by atoms with Crippen LogP contribution >= 0.6 is 0 Å². The number of methoxy groups -OCH3 is 1. The molecule has 0 heterocycles. The number of rotatable bonds is 7. The summed E-state index contributed by atoms with van der Waals surface area (Å²) in [6, 6.07) is 4.05. The molecule has 0 saturated heterocycles. The highest BCUT2D eigenvalue weighted by Crippen LogP contribution is 2.29. The molecular formula is C12H14N2O6. The van der Waals surface area contributed by atoms with Gasteiger partial charge >= 0.3 is 5.97 Å². The van der Waals surface area contributed by atoms with Gasteiger partial charge in [0, 0.05) is 12.8 Å². The number of aliphatic carboxylic acids is 1. The van der Waals surface area contributed by atoms with Crippen LogP contribution in [0.15, 0.2) is 18.2 Å². The Morgan fingerprint density at radius 3 is 2.65 bits per heavy atom. The van der Waals surface area contributed by atoms with Crippen LogP contribution in [0.5, 0.6) is 5.75 Å². The molecule has 2 N–H and O–H groups in total. The molecule has 1 amide bonds. The summed E-state index contributed by atoms with van der Waals surface area (Å²) in [7, 11) is 1.38. The van der Waals surface area contributed by atoms with E-state index >= 15 is 0 Å². The van der Waals surface area contributed by atoms with Gasteiger partial charge < -0.3 is 15.2 Å². The molecule has 0 saturated carbocycles. The zero-order chi connectivity index (χ0) is 15.1. The largest absolute Gasteiger partial charge is 0.496 e. The first-order valence-corrected chi connectivity index (χ1v) is 5.78. The number of nitro groups is 1. The molecule has 0 unspecified atom stereocenters. The summed E-state index contributed by atoms with van der Waals surface area (Å²) >= 11 is 0. The summed E-state index contributed by atoms with van der Waals surface area (Å²) in [5.41, 5.74) is -0.230. The van der Waals surface area contributed by atoms with Crippen LogP contribution in [0.2, 0.25) is 0 Å². The van der Waals surface area contributed by atoms with Gasteiger partial charge in [-0.15, -0.1) is 0 Å². The summed E-state index contributed by atoms with van der Waals surface area (Å²) in [6.45, 7) is 0. The summed E-state index contributed by atoms with van der Waals surface area (Å²) in [4.78, 5) is 32.1. The van der Waals surface area contributed by atoms with Crippen molar-refractivity contribution in [1.29, 1.82) is 0 Å². The normalized spacial score (nSPS) is 9.85. The number of carbonyl (C=O) groups is 2. The Labute approximate surface area is 114 Å². The number of nitro benzene ring substituents is 1. The lowest BCUT2D eigenvalue weighted by molar-refractivity contribution is -0.384. The molecular weight excluding hydrogens is 268 g/mol. The Morgan fingerprint density at radius 2 is 2.10 bits per heavy atom. The summed E-state index contributed by atoms with van der Waals surface area (Å²) in [6.07, 6.45) is 0.0265. The first-order chi connectivity index (χ1) is 9.43. The number of carboxylic acid groups (broad SMARTS) is 1. The number of hydrogen-bond acceptors (Lipinski definition) is 5. The van der Waals surface area contributed by atoms with E-state index in [1.54, 1.807) is 0 Å². The lowest BCUT2D eigenvalue weighted by Crippen LogP contribution is -2.13. The second-order valence-corrected chi connectivity index (χ2v) is 3.94. The smallest absolute Gasteiger partial charge is 0.303 e. The quantitative estimate of drug-likeness (QED) is 0.581. The molecule has 0 atom stereocenters. The van der Waals surface area contributed by atoms with E-state index in [9.17, 15) is 19.7 Å². The van der Waals surface area contributed by atoms with Gasteiger partial charge in [0.2, 0.25) is 5.91 Å². The average molecular weight is 282 g/mol. The maximum absolute atomic E-state index is 11.6. The van der Waals surface area contributed by atoms with Crippen LogP contribution in [0.1, 0.15) is 19.3 Å². The van der Waals surface area contributed by atoms with Crippen LogP contribution in [0.3, 0.4) is 0 Å². The van der Waals surface area contributed by atoms with Gasteiger partial charge in [0.25, 0.3) is 5.69 Å². The Hall–Kier alpha value is -2.64. The van der Waals surface area contributed by atoms with Gasteiger partial charge in [-0.3, -0.25) is 19.7 Å². The first-order valence-electron chi connectivity index (χ1n) is 5.78. The number of carbonyl (C=O) groups excluding carboxylic acids is 1. The molecule has 0 spiro atoms. The van der Waals surface area contributed by atoms with Crippen molar-refractivity contribution in [2.45, 2.75) is 19.3 Å². The van der Waals surface area contributed by atoms with Crippen molar-refractivity contribution >= 4 is 23.3 Å². The Kier molecular flexibility index (Phi) is 5.45. The molecule has 1 aromatic carbocycles. The lowest BCUT2D eigenvalue weighted by atomic mass is 10.2. The van der Waals surface area contributed by atoms with E-state index in [4.69, 9.17) is 9.84 Å². The van der Waals surface area contributed by atoms with Crippen LogP contribution in [0.4, 0.5) is 11.4 Å². The van der Waals surface area contributed by atoms with Crippen LogP contribution in [0.25, 0.3) is 0 Å². The molecule has 1 aromatic rings. The minimum atomic E-state index is -0.992. The first kappa shape index (κ1) is 15.4. The molecule has 1 rings (SSSR count). The third kappa shape index (κ3) is 4.56. The lowest BCUT2D eigenvalue weighted by Gasteiger charge is -2.07. The van der Waals surface area contributed by atoms with E-state index in [2.05, 4.69) is 5.32 Å². The predicted molar refractivity (Wildman–Crippen MR) is 69.8 cm³/mol. The topological polar surface area (TPSA) is 119 Å². The number of ether oxygens (including phenoxy) is 1. The number of carboxylic acids is 1. The van der Waals surface area contributed by atoms with Gasteiger partial charge in [-0.1, -0.05) is 0 Å². The van der Waals surface area contributed by atoms with Gasteiger partial charge in [-0.2, -0.15) is 0 Å². The zero-order valence-electron chi connectivity index (χ0n) is 10.8. The summed E-state index contributed by atoms with van der Waals surface area (Å²) in [5.74, 6) is -1.16. The van der Waals surface area contributed by atoms with Gasteiger partial charge in [-0.25, -0.2) is 0 Å². The number of nitrogens with one attached hydrogen (secondary N) is 1. The van der Waals surface area contributed by atoms with Crippen LogP contribution in [-0.2, 0) is 9.59 Å². The molecule has 0 aromatic heterocycles. The SMILES string of the molecule is COc1ccc(NC(=O)CCCC(=O)O)c([N+](=O)[O-])c1. The van der Waals surface area contributed by atoms with E-state index in [1.165, 1.54) is 25.3 Å². The average Bonchev–Trinajstić information content (AvgIpc) is 2.38. The molecule has 0 aliphatic heterocycles. The van der Waals surface area contributed by atoms with Crippen molar-refractivity contribution in [2.24, 2.45) is 0 Å². The third-order valence-corrected chi connectivity index (χ3v) is 2.47. The molecule has 0 aliphatic rings. The fraction of sp³-hybridized carbons (Fsp3) is 0.333. The Bertz CT molecular complexity index is 529. The monoisotopic (exact) mass is 282 g/mol. The highest BCUT2D eigenvalue weighted by molar-refractivity contribution is 5.93. The molecule has 0 fully saturated rings. The Morgan fingerprint density at radius 1 is 1.40 bits per heavy atom. The van der Waals surface area contributed by atoms with Gasteiger partial charge in [0.05, 0.1) is 18.1 Å². The zero-order valence-corrected chi connectivity index (χ0v) is 10.8. The number of nitrogens with zero attached hydrogens (tertiary/aromatic N) is 1. The third-order valence-electron chi connectivity index (χ3n) is 2.47. The second-order valence-electron chi connectivity index (χ2n) is 3.94. The van der Waals surface area contributed by atoms with Crippen molar-refractivity contribution in [3.05, 3.63) is 28.3 Å². The van der Waals surface area contributed by atoms with Crippen molar-refractivity contribution in [3.8, 4) is 5.75 Å². The van der Waals surface area contributed by atoms with E-state index in [0.29, 0.717) is 5.75 Å². The van der Waals surface area contributed by atoms with Crippen molar-refractivity contribution < 1.29 is 24.4 Å². The predicted octanol–water partition coefficient (Wildman–Crippen LogP) is 1.80. The van der Waals surface area contributed by atoms with E-state index in [-0.39, 0.29) is 30.6 Å². The summed E-state index contributed by atoms with van der Waals surface area (Å²) < 4.78 is 4.87. The molecule has 0 radical (unpaired) electrons. The fourth-order valence-corrected chi connectivity index (χ4v) is 1.51. The minimum absolute atomic E-state index is 0.0184. The van der Waals surface area contributed by atoms with Crippen molar-refractivity contribution in [1.82, 2.24) is 0 Å². The number of benzene rings is 1. The van der Waals surface area contributed by atoms with Gasteiger partial charge in [-0.05, 0) is 18.6 Å². The minimum Gasteiger partial charge on any atom is -0.496 e. The van der Waals surface area contributed by atoms with Gasteiger partial charge in [0.1, 0.15) is 11.4 Å². The van der Waals surface area contributed by atoms with Crippen LogP contribution in [0, 0.1) is 10.1 Å².